The van der Waals surface area contributed by atoms with Crippen molar-refractivity contribution in [1.82, 2.24) is 0 Å². The zero-order valence-corrected chi connectivity index (χ0v) is 25.0. The van der Waals surface area contributed by atoms with Gasteiger partial charge in [-0.15, -0.1) is 24.8 Å². The first-order valence-corrected chi connectivity index (χ1v) is 12.7. The number of halogens is 2. The fourth-order valence-electron chi connectivity index (χ4n) is 5.36. The van der Waals surface area contributed by atoms with Gasteiger partial charge in [0.2, 0.25) is 23.8 Å². The molecule has 2 aliphatic heterocycles. The first-order chi connectivity index (χ1) is 18.5. The van der Waals surface area contributed by atoms with Gasteiger partial charge in [0, 0.05) is 17.3 Å². The van der Waals surface area contributed by atoms with Crippen molar-refractivity contribution in [2.24, 2.45) is 42.9 Å². The van der Waals surface area contributed by atoms with E-state index in [0.717, 1.165) is 22.5 Å². The van der Waals surface area contributed by atoms with Crippen LogP contribution in [0, 0.1) is 0 Å². The molecule has 5 rings (SSSR count). The number of nitrogens with two attached hydrogens (primary N) is 4. The average molecular weight is 596 g/mol. The molecule has 8 N–H and O–H groups in total. The molecule has 41 heavy (non-hydrogen) atoms. The lowest BCUT2D eigenvalue weighted by atomic mass is 9.85. The van der Waals surface area contributed by atoms with Crippen LogP contribution < -0.4 is 32.7 Å². The molecule has 0 spiro atoms. The monoisotopic (exact) mass is 594 g/mol. The number of anilines is 2. The number of aliphatic imine (C=N–C) groups is 4. The van der Waals surface area contributed by atoms with Gasteiger partial charge >= 0.3 is 0 Å². The molecule has 0 saturated carbocycles. The van der Waals surface area contributed by atoms with E-state index in [9.17, 15) is 0 Å². The largest absolute Gasteiger partial charge is 0.369 e. The second-order valence-electron chi connectivity index (χ2n) is 10.6. The smallest absolute Gasteiger partial charge is 0.220 e. The number of hydrogen-bond acceptors (Lipinski definition) is 10. The zero-order valence-electron chi connectivity index (χ0n) is 23.4. The lowest BCUT2D eigenvalue weighted by Gasteiger charge is -2.38. The third-order valence-electron chi connectivity index (χ3n) is 6.89. The Morgan fingerprint density at radius 3 is 1.22 bits per heavy atom. The summed E-state index contributed by atoms with van der Waals surface area (Å²) in [6.07, 6.45) is 0. The standard InChI is InChI=1S/C29H34N10.2ClH/c1-28(2)36-24(30)34-26(32)38(28)21-14-10-19(11-15-21)23(18-8-6-5-7-9-18)20-12-16-22(17-13-20)39-27(33)35-25(31)37-29(39,3)4;;/h5-17,23H,1-4H3,(H4,30,32,34,36)(H4,31,33,35,37);2*1H. The van der Waals surface area contributed by atoms with Crippen LogP contribution in [0.2, 0.25) is 0 Å². The molecule has 0 aliphatic carbocycles. The van der Waals surface area contributed by atoms with Crippen LogP contribution in [0.5, 0.6) is 0 Å². The first-order valence-electron chi connectivity index (χ1n) is 12.7. The molecule has 3 aromatic carbocycles. The number of rotatable bonds is 5. The molecule has 0 amide bonds. The van der Waals surface area contributed by atoms with Gasteiger partial charge in [0.25, 0.3) is 0 Å². The van der Waals surface area contributed by atoms with E-state index in [4.69, 9.17) is 22.9 Å². The van der Waals surface area contributed by atoms with E-state index >= 15 is 0 Å². The Labute approximate surface area is 252 Å². The molecule has 0 saturated heterocycles. The van der Waals surface area contributed by atoms with E-state index < -0.39 is 11.3 Å². The van der Waals surface area contributed by atoms with Crippen LogP contribution in [0.15, 0.2) is 98.8 Å². The molecule has 2 aliphatic rings. The Morgan fingerprint density at radius 2 is 0.878 bits per heavy atom. The zero-order chi connectivity index (χ0) is 27.9. The van der Waals surface area contributed by atoms with E-state index in [1.165, 1.54) is 5.56 Å². The fourth-order valence-corrected chi connectivity index (χ4v) is 5.36. The molecule has 2 heterocycles. The second-order valence-corrected chi connectivity index (χ2v) is 10.6. The predicted molar refractivity (Wildman–Crippen MR) is 174 cm³/mol. The van der Waals surface area contributed by atoms with Crippen molar-refractivity contribution in [2.75, 3.05) is 9.80 Å². The van der Waals surface area contributed by atoms with Crippen LogP contribution in [0.3, 0.4) is 0 Å². The van der Waals surface area contributed by atoms with Crippen LogP contribution in [-0.2, 0) is 0 Å². The highest BCUT2D eigenvalue weighted by Gasteiger charge is 2.34. The number of guanidine groups is 4. The first kappa shape index (κ1) is 31.3. The van der Waals surface area contributed by atoms with Crippen LogP contribution in [0.1, 0.15) is 50.3 Å². The topological polar surface area (TPSA) is 160 Å². The van der Waals surface area contributed by atoms with Gasteiger partial charge in [-0.05, 0) is 68.7 Å². The third-order valence-corrected chi connectivity index (χ3v) is 6.89. The lowest BCUT2D eigenvalue weighted by molar-refractivity contribution is 0.533. The van der Waals surface area contributed by atoms with E-state index in [-0.39, 0.29) is 42.7 Å². The highest BCUT2D eigenvalue weighted by atomic mass is 35.5. The van der Waals surface area contributed by atoms with Gasteiger partial charge < -0.3 is 22.9 Å². The summed E-state index contributed by atoms with van der Waals surface area (Å²) < 4.78 is 0. The van der Waals surface area contributed by atoms with Crippen LogP contribution in [-0.4, -0.2) is 35.2 Å². The predicted octanol–water partition coefficient (Wildman–Crippen LogP) is 4.08. The molecular formula is C29H36Cl2N10. The maximum atomic E-state index is 6.25. The average Bonchev–Trinajstić information content (AvgIpc) is 2.84. The molecule has 0 fully saturated rings. The third kappa shape index (κ3) is 6.08. The Hall–Kier alpha value is -4.28. The van der Waals surface area contributed by atoms with E-state index in [1.54, 1.807) is 0 Å². The van der Waals surface area contributed by atoms with Crippen LogP contribution in [0.4, 0.5) is 11.4 Å². The molecular weight excluding hydrogens is 559 g/mol. The van der Waals surface area contributed by atoms with Gasteiger partial charge in [-0.3, -0.25) is 9.80 Å². The van der Waals surface area contributed by atoms with Crippen LogP contribution in [0.25, 0.3) is 0 Å². The SMILES string of the molecule is CC1(C)N=C(N)N=C(N)N1c1ccc(C(c2ccccc2)c2ccc(N3C(N)=NC(N)=NC3(C)C)cc2)cc1.Cl.Cl. The van der Waals surface area contributed by atoms with Gasteiger partial charge in [-0.2, -0.15) is 9.98 Å². The summed E-state index contributed by atoms with van der Waals surface area (Å²) in [4.78, 5) is 21.0. The fraction of sp³-hybridized carbons (Fsp3) is 0.241. The van der Waals surface area contributed by atoms with Crippen molar-refractivity contribution in [2.45, 2.75) is 44.9 Å². The van der Waals surface area contributed by atoms with E-state index in [1.807, 2.05) is 67.8 Å². The molecule has 3 aromatic rings. The number of nitrogens with zero attached hydrogens (tertiary/aromatic N) is 6. The molecule has 12 heteroatoms. The maximum absolute atomic E-state index is 6.25. The molecule has 0 radical (unpaired) electrons. The Balaban J connectivity index is 0.00000231. The molecule has 10 nitrogen and oxygen atoms in total. The van der Waals surface area contributed by atoms with Crippen molar-refractivity contribution in [3.63, 3.8) is 0 Å². The van der Waals surface area contributed by atoms with Crippen molar-refractivity contribution in [1.29, 1.82) is 0 Å². The summed E-state index contributed by atoms with van der Waals surface area (Å²) in [5, 5.41) is 0. The molecule has 0 atom stereocenters. The lowest BCUT2D eigenvalue weighted by Crippen LogP contribution is -2.54. The van der Waals surface area contributed by atoms with Gasteiger partial charge in [-0.25, -0.2) is 9.98 Å². The maximum Gasteiger partial charge on any atom is 0.220 e. The normalized spacial score (nSPS) is 17.4. The minimum absolute atomic E-state index is 0. The summed E-state index contributed by atoms with van der Waals surface area (Å²) in [6.45, 7) is 7.80. The van der Waals surface area contributed by atoms with Crippen LogP contribution >= 0.6 is 24.8 Å². The van der Waals surface area contributed by atoms with Gasteiger partial charge in [0.15, 0.2) is 0 Å². The number of hydrogen-bond donors (Lipinski definition) is 4. The quantitative estimate of drug-likeness (QED) is 0.325. The van der Waals surface area contributed by atoms with Crippen molar-refractivity contribution >= 4 is 60.0 Å². The van der Waals surface area contributed by atoms with Gasteiger partial charge in [-0.1, -0.05) is 54.6 Å². The van der Waals surface area contributed by atoms with Crippen molar-refractivity contribution in [3.05, 3.63) is 95.6 Å². The Bertz CT molecular complexity index is 1400. The minimum atomic E-state index is -0.659. The van der Waals surface area contributed by atoms with Crippen molar-refractivity contribution < 1.29 is 0 Å². The van der Waals surface area contributed by atoms with E-state index in [2.05, 4.69) is 68.5 Å². The highest BCUT2D eigenvalue weighted by Crippen LogP contribution is 2.36. The molecule has 0 bridgehead atoms. The Kier molecular flexibility index (Phi) is 8.90. The van der Waals surface area contributed by atoms with E-state index in [0.29, 0.717) is 11.9 Å². The summed E-state index contributed by atoms with van der Waals surface area (Å²) in [5.74, 6) is 0.968. The van der Waals surface area contributed by atoms with Gasteiger partial charge in [0.1, 0.15) is 11.3 Å². The molecule has 0 unspecified atom stereocenters. The van der Waals surface area contributed by atoms with Gasteiger partial charge in [0.05, 0.1) is 0 Å². The number of benzene rings is 3. The Morgan fingerprint density at radius 1 is 0.537 bits per heavy atom. The summed E-state index contributed by atoms with van der Waals surface area (Å²) in [7, 11) is 0. The van der Waals surface area contributed by atoms with Crippen molar-refractivity contribution in [3.8, 4) is 0 Å². The molecule has 216 valence electrons. The molecule has 0 aromatic heterocycles. The summed E-state index contributed by atoms with van der Waals surface area (Å²) in [5.41, 5.74) is 28.1. The highest BCUT2D eigenvalue weighted by molar-refractivity contribution is 6.06. The minimum Gasteiger partial charge on any atom is -0.369 e. The summed E-state index contributed by atoms with van der Waals surface area (Å²) in [6, 6.07) is 27.0. The summed E-state index contributed by atoms with van der Waals surface area (Å²) >= 11 is 0. The second kappa shape index (κ2) is 11.7.